The molecular formula is C18H20N2O. The van der Waals surface area contributed by atoms with Crippen LogP contribution in [0.25, 0.3) is 0 Å². The molecule has 3 rings (SSSR count). The van der Waals surface area contributed by atoms with E-state index in [1.165, 1.54) is 5.56 Å². The Kier molecular flexibility index (Phi) is 4.02. The quantitative estimate of drug-likeness (QED) is 0.907. The summed E-state index contributed by atoms with van der Waals surface area (Å²) in [6.07, 6.45) is 0. The van der Waals surface area contributed by atoms with Gasteiger partial charge in [0.1, 0.15) is 0 Å². The van der Waals surface area contributed by atoms with E-state index in [4.69, 9.17) is 0 Å². The van der Waals surface area contributed by atoms with Gasteiger partial charge in [0.15, 0.2) is 0 Å². The fourth-order valence-electron chi connectivity index (χ4n) is 2.96. The molecule has 1 fully saturated rings. The Morgan fingerprint density at radius 2 is 1.90 bits per heavy atom. The molecule has 1 unspecified atom stereocenters. The molecule has 0 bridgehead atoms. The van der Waals surface area contributed by atoms with Gasteiger partial charge in [0.25, 0.3) is 0 Å². The maximum absolute atomic E-state index is 12.6. The van der Waals surface area contributed by atoms with Gasteiger partial charge in [-0.2, -0.15) is 0 Å². The third-order valence-electron chi connectivity index (χ3n) is 4.06. The first-order valence-electron chi connectivity index (χ1n) is 7.37. The summed E-state index contributed by atoms with van der Waals surface area (Å²) >= 11 is 0. The predicted octanol–water partition coefficient (Wildman–Crippen LogP) is 2.94. The average Bonchev–Trinajstić information content (AvgIpc) is 2.98. The van der Waals surface area contributed by atoms with Crippen LogP contribution in [-0.4, -0.2) is 19.0 Å². The highest BCUT2D eigenvalue weighted by Gasteiger charge is 2.33. The molecule has 0 aromatic heterocycles. The highest BCUT2D eigenvalue weighted by atomic mass is 16.1. The molecule has 1 amide bonds. The van der Waals surface area contributed by atoms with Crippen LogP contribution in [0.2, 0.25) is 0 Å². The molecule has 0 spiro atoms. The smallest absolute Gasteiger partial charge is 0.229 e. The lowest BCUT2D eigenvalue weighted by Crippen LogP contribution is -2.28. The van der Waals surface area contributed by atoms with Crippen molar-refractivity contribution in [3.05, 3.63) is 65.7 Å². The zero-order valence-corrected chi connectivity index (χ0v) is 12.2. The minimum atomic E-state index is -0.0205. The number of amides is 1. The number of aryl methyl sites for hydroxylation is 1. The van der Waals surface area contributed by atoms with Crippen molar-refractivity contribution in [3.8, 4) is 0 Å². The number of anilines is 1. The van der Waals surface area contributed by atoms with E-state index in [0.29, 0.717) is 0 Å². The lowest BCUT2D eigenvalue weighted by Gasteiger charge is -2.18. The SMILES string of the molecule is Cc1cccc(NC(=O)C2CNC[C@H]2c2ccccc2)c1. The second-order valence-corrected chi connectivity index (χ2v) is 5.64. The predicted molar refractivity (Wildman–Crippen MR) is 85.4 cm³/mol. The van der Waals surface area contributed by atoms with Crippen LogP contribution in [0.1, 0.15) is 17.0 Å². The van der Waals surface area contributed by atoms with Gasteiger partial charge in [0.05, 0.1) is 5.92 Å². The number of carbonyl (C=O) groups is 1. The van der Waals surface area contributed by atoms with Crippen molar-refractivity contribution in [1.82, 2.24) is 5.32 Å². The van der Waals surface area contributed by atoms with Crippen molar-refractivity contribution in [1.29, 1.82) is 0 Å². The molecule has 108 valence electrons. The first kappa shape index (κ1) is 13.8. The molecule has 0 aliphatic carbocycles. The van der Waals surface area contributed by atoms with Crippen LogP contribution in [0, 0.1) is 12.8 Å². The topological polar surface area (TPSA) is 41.1 Å². The minimum absolute atomic E-state index is 0.0205. The number of nitrogens with one attached hydrogen (secondary N) is 2. The molecule has 21 heavy (non-hydrogen) atoms. The second-order valence-electron chi connectivity index (χ2n) is 5.64. The van der Waals surface area contributed by atoms with Gasteiger partial charge < -0.3 is 10.6 Å². The van der Waals surface area contributed by atoms with E-state index in [-0.39, 0.29) is 17.7 Å². The summed E-state index contributed by atoms with van der Waals surface area (Å²) in [5.74, 6) is 0.323. The van der Waals surface area contributed by atoms with Crippen molar-refractivity contribution in [2.75, 3.05) is 18.4 Å². The van der Waals surface area contributed by atoms with E-state index < -0.39 is 0 Å². The second kappa shape index (κ2) is 6.10. The molecular weight excluding hydrogens is 260 g/mol. The van der Waals surface area contributed by atoms with Crippen LogP contribution in [0.15, 0.2) is 54.6 Å². The summed E-state index contributed by atoms with van der Waals surface area (Å²) in [4.78, 5) is 12.6. The molecule has 2 aromatic carbocycles. The van der Waals surface area contributed by atoms with Gasteiger partial charge in [-0.05, 0) is 30.2 Å². The number of carbonyl (C=O) groups excluding carboxylic acids is 1. The highest BCUT2D eigenvalue weighted by molar-refractivity contribution is 5.93. The molecule has 1 aliphatic rings. The fraction of sp³-hybridized carbons (Fsp3) is 0.278. The van der Waals surface area contributed by atoms with Crippen molar-refractivity contribution >= 4 is 11.6 Å². The zero-order chi connectivity index (χ0) is 14.7. The molecule has 1 saturated heterocycles. The Bertz CT molecular complexity index is 624. The van der Waals surface area contributed by atoms with E-state index in [1.54, 1.807) is 0 Å². The Morgan fingerprint density at radius 3 is 2.67 bits per heavy atom. The van der Waals surface area contributed by atoms with Crippen LogP contribution < -0.4 is 10.6 Å². The van der Waals surface area contributed by atoms with Gasteiger partial charge >= 0.3 is 0 Å². The summed E-state index contributed by atoms with van der Waals surface area (Å²) in [5, 5.41) is 6.38. The zero-order valence-electron chi connectivity index (χ0n) is 12.2. The summed E-state index contributed by atoms with van der Waals surface area (Å²) in [5.41, 5.74) is 3.25. The molecule has 0 saturated carbocycles. The molecule has 2 N–H and O–H groups in total. The summed E-state index contributed by atoms with van der Waals surface area (Å²) in [7, 11) is 0. The summed E-state index contributed by atoms with van der Waals surface area (Å²) < 4.78 is 0. The molecule has 3 nitrogen and oxygen atoms in total. The van der Waals surface area contributed by atoms with E-state index in [2.05, 4.69) is 22.8 Å². The van der Waals surface area contributed by atoms with Crippen molar-refractivity contribution in [2.24, 2.45) is 5.92 Å². The van der Waals surface area contributed by atoms with E-state index in [0.717, 1.165) is 24.3 Å². The monoisotopic (exact) mass is 280 g/mol. The van der Waals surface area contributed by atoms with Gasteiger partial charge in [-0.3, -0.25) is 4.79 Å². The van der Waals surface area contributed by atoms with Gasteiger partial charge in [0.2, 0.25) is 5.91 Å². The maximum atomic E-state index is 12.6. The van der Waals surface area contributed by atoms with Gasteiger partial charge in [-0.25, -0.2) is 0 Å². The largest absolute Gasteiger partial charge is 0.326 e. The Morgan fingerprint density at radius 1 is 1.10 bits per heavy atom. The highest BCUT2D eigenvalue weighted by Crippen LogP contribution is 2.29. The molecule has 3 heteroatoms. The van der Waals surface area contributed by atoms with Gasteiger partial charge in [0, 0.05) is 24.7 Å². The van der Waals surface area contributed by atoms with Crippen LogP contribution in [-0.2, 0) is 4.79 Å². The first-order valence-corrected chi connectivity index (χ1v) is 7.37. The molecule has 2 atom stereocenters. The Hall–Kier alpha value is -2.13. The lowest BCUT2D eigenvalue weighted by atomic mass is 9.88. The Balaban J connectivity index is 1.74. The molecule has 1 heterocycles. The first-order chi connectivity index (χ1) is 10.2. The Labute approximate surface area is 125 Å². The molecule has 0 radical (unpaired) electrons. The number of hydrogen-bond acceptors (Lipinski definition) is 2. The summed E-state index contributed by atoms with van der Waals surface area (Å²) in [6.45, 7) is 3.62. The van der Waals surface area contributed by atoms with Crippen molar-refractivity contribution < 1.29 is 4.79 Å². The van der Waals surface area contributed by atoms with Crippen molar-refractivity contribution in [3.63, 3.8) is 0 Å². The standard InChI is InChI=1S/C18H20N2O/c1-13-6-5-9-15(10-13)20-18(21)17-12-19-11-16(17)14-7-3-2-4-8-14/h2-10,16-17,19H,11-12H2,1H3,(H,20,21)/t16-,17?/m0/s1. The number of rotatable bonds is 3. The fourth-order valence-corrected chi connectivity index (χ4v) is 2.96. The molecule has 2 aromatic rings. The van der Waals surface area contributed by atoms with Gasteiger partial charge in [-0.1, -0.05) is 42.5 Å². The molecule has 1 aliphatic heterocycles. The van der Waals surface area contributed by atoms with Crippen molar-refractivity contribution in [2.45, 2.75) is 12.8 Å². The van der Waals surface area contributed by atoms with E-state index in [1.807, 2.05) is 49.4 Å². The normalized spacial score (nSPS) is 21.2. The third-order valence-corrected chi connectivity index (χ3v) is 4.06. The van der Waals surface area contributed by atoms with E-state index in [9.17, 15) is 4.79 Å². The summed E-state index contributed by atoms with van der Waals surface area (Å²) in [6, 6.07) is 18.2. The third kappa shape index (κ3) is 3.14. The number of benzene rings is 2. The van der Waals surface area contributed by atoms with Crippen LogP contribution in [0.3, 0.4) is 0 Å². The lowest BCUT2D eigenvalue weighted by molar-refractivity contribution is -0.119. The van der Waals surface area contributed by atoms with Crippen LogP contribution >= 0.6 is 0 Å². The van der Waals surface area contributed by atoms with E-state index >= 15 is 0 Å². The minimum Gasteiger partial charge on any atom is -0.326 e. The van der Waals surface area contributed by atoms with Crippen LogP contribution in [0.5, 0.6) is 0 Å². The maximum Gasteiger partial charge on any atom is 0.229 e. The van der Waals surface area contributed by atoms with Gasteiger partial charge in [-0.15, -0.1) is 0 Å². The average molecular weight is 280 g/mol. The van der Waals surface area contributed by atoms with Crippen LogP contribution in [0.4, 0.5) is 5.69 Å². The number of hydrogen-bond donors (Lipinski definition) is 2.